The van der Waals surface area contributed by atoms with Gasteiger partial charge in [-0.25, -0.2) is 0 Å². The molecule has 0 unspecified atom stereocenters. The van der Waals surface area contributed by atoms with Crippen LogP contribution in [0.15, 0.2) is 0 Å². The number of halogens is 8. The van der Waals surface area contributed by atoms with Crippen LogP contribution in [0, 0.1) is 0 Å². The van der Waals surface area contributed by atoms with Crippen molar-refractivity contribution in [1.82, 2.24) is 0 Å². The number of unbranched alkanes of at least 4 members (excludes halogenated alkanes) is 1. The molecule has 0 aliphatic carbocycles. The Labute approximate surface area is 98.1 Å². The monoisotopic (exact) mass is 288 g/mol. The van der Waals surface area contributed by atoms with E-state index in [0.29, 0.717) is 0 Å². The van der Waals surface area contributed by atoms with Crippen LogP contribution in [0.25, 0.3) is 0 Å². The molecule has 0 amide bonds. The summed E-state index contributed by atoms with van der Waals surface area (Å²) < 4.78 is 104. The largest absolute Gasteiger partial charge is 0.426 e. The summed E-state index contributed by atoms with van der Waals surface area (Å²) in [5, 5.41) is 0. The van der Waals surface area contributed by atoms with Gasteiger partial charge in [0.15, 0.2) is 0 Å². The second kappa shape index (κ2) is 5.18. The van der Waals surface area contributed by atoms with E-state index in [-0.39, 0.29) is 12.8 Å². The summed E-state index contributed by atoms with van der Waals surface area (Å²) in [4.78, 5) is 0. The summed E-state index contributed by atoms with van der Waals surface area (Å²) in [5.41, 5.74) is 0. The van der Waals surface area contributed by atoms with Crippen LogP contribution in [0.4, 0.5) is 35.1 Å². The van der Waals surface area contributed by atoms with Crippen LogP contribution in [-0.4, -0.2) is 30.5 Å². The van der Waals surface area contributed by atoms with Gasteiger partial charge in [0.25, 0.3) is 0 Å². The average molecular weight is 288 g/mol. The number of ether oxygens (including phenoxy) is 1. The Hall–Kier alpha value is -0.600. The van der Waals surface area contributed by atoms with Gasteiger partial charge in [-0.1, -0.05) is 13.3 Å². The van der Waals surface area contributed by atoms with Gasteiger partial charge in [0, 0.05) is 6.92 Å². The van der Waals surface area contributed by atoms with E-state index in [4.69, 9.17) is 0 Å². The molecule has 0 radical (unpaired) electrons. The third-order valence-corrected chi connectivity index (χ3v) is 2.09. The van der Waals surface area contributed by atoms with Crippen molar-refractivity contribution in [3.8, 4) is 0 Å². The molecule has 110 valence electrons. The van der Waals surface area contributed by atoms with Crippen LogP contribution in [0.2, 0.25) is 0 Å². The fraction of sp³-hybridized carbons (Fsp3) is 1.00. The predicted molar refractivity (Wildman–Crippen MR) is 46.3 cm³/mol. The fourth-order valence-corrected chi connectivity index (χ4v) is 0.894. The number of hydrogen-bond acceptors (Lipinski definition) is 1. The first-order valence-electron chi connectivity index (χ1n) is 4.96. The Morgan fingerprint density at radius 1 is 0.833 bits per heavy atom. The van der Waals surface area contributed by atoms with Gasteiger partial charge in [0.1, 0.15) is 0 Å². The lowest BCUT2D eigenvalue weighted by Crippen LogP contribution is -2.62. The zero-order valence-corrected chi connectivity index (χ0v) is 9.55. The van der Waals surface area contributed by atoms with Crippen LogP contribution >= 0.6 is 0 Å². The zero-order chi connectivity index (χ0) is 14.8. The van der Waals surface area contributed by atoms with Crippen LogP contribution in [0.1, 0.15) is 26.7 Å². The minimum absolute atomic E-state index is 0.0975. The lowest BCUT2D eigenvalue weighted by Gasteiger charge is -2.34. The molecule has 0 bridgehead atoms. The van der Waals surface area contributed by atoms with E-state index in [1.807, 2.05) is 0 Å². The molecular formula is C9H12F8O. The molecule has 0 aliphatic rings. The molecule has 9 heteroatoms. The summed E-state index contributed by atoms with van der Waals surface area (Å²) in [6.07, 6.45) is -5.49. The maximum atomic E-state index is 12.8. The molecule has 0 saturated heterocycles. The molecule has 0 aromatic rings. The molecule has 1 nitrogen and oxygen atoms in total. The lowest BCUT2D eigenvalue weighted by molar-refractivity contribution is -0.425. The Bertz CT molecular complexity index is 270. The summed E-state index contributed by atoms with van der Waals surface area (Å²) in [6.45, 7) is 0.00192. The fourth-order valence-electron chi connectivity index (χ4n) is 0.894. The zero-order valence-electron chi connectivity index (χ0n) is 9.55. The molecule has 0 saturated carbocycles. The predicted octanol–water partition coefficient (Wildman–Crippen LogP) is 4.32. The summed E-state index contributed by atoms with van der Waals surface area (Å²) >= 11 is 0. The van der Waals surface area contributed by atoms with Gasteiger partial charge >= 0.3 is 23.9 Å². The second-order valence-corrected chi connectivity index (χ2v) is 3.76. The molecule has 0 rings (SSSR count). The van der Waals surface area contributed by atoms with Gasteiger partial charge in [-0.2, -0.15) is 35.1 Å². The molecule has 0 aromatic carbocycles. The van der Waals surface area contributed by atoms with Gasteiger partial charge in [-0.3, -0.25) is 0 Å². The van der Waals surface area contributed by atoms with Gasteiger partial charge in [-0.05, 0) is 6.42 Å². The minimum atomic E-state index is -6.31. The summed E-state index contributed by atoms with van der Waals surface area (Å²) in [7, 11) is 0. The third-order valence-electron chi connectivity index (χ3n) is 2.09. The quantitative estimate of drug-likeness (QED) is 0.500. The van der Waals surface area contributed by atoms with Gasteiger partial charge in [0.05, 0.1) is 6.61 Å². The van der Waals surface area contributed by atoms with Crippen molar-refractivity contribution < 1.29 is 39.9 Å². The highest BCUT2D eigenvalue weighted by atomic mass is 19.4. The first-order valence-corrected chi connectivity index (χ1v) is 4.96. The Morgan fingerprint density at radius 2 is 1.28 bits per heavy atom. The smallest absolute Gasteiger partial charge is 0.316 e. The molecule has 0 aliphatic heterocycles. The van der Waals surface area contributed by atoms with E-state index in [1.165, 1.54) is 6.92 Å². The van der Waals surface area contributed by atoms with Crippen molar-refractivity contribution in [1.29, 1.82) is 0 Å². The second-order valence-electron chi connectivity index (χ2n) is 3.76. The maximum Gasteiger partial charge on any atom is 0.426 e. The molecule has 0 aromatic heterocycles. The minimum Gasteiger partial charge on any atom is -0.316 e. The van der Waals surface area contributed by atoms with E-state index in [0.717, 1.165) is 0 Å². The summed E-state index contributed by atoms with van der Waals surface area (Å²) in [5.74, 6) is -17.9. The highest BCUT2D eigenvalue weighted by molar-refractivity contribution is 4.98. The van der Waals surface area contributed by atoms with Gasteiger partial charge in [-0.15, -0.1) is 0 Å². The SMILES string of the molecule is CCCCOC(F)(F)C(F)(F)C(F)(F)C(C)(F)F. The number of hydrogen-bond donors (Lipinski definition) is 0. The standard InChI is InChI=1S/C9H12F8O/c1-3-4-5-18-9(16,17)8(14,15)7(12,13)6(2,10)11/h3-5H2,1-2H3. The number of rotatable bonds is 7. The normalized spacial score (nSPS) is 15.0. The number of alkyl halides is 8. The molecule has 0 atom stereocenters. The van der Waals surface area contributed by atoms with Gasteiger partial charge < -0.3 is 4.74 Å². The van der Waals surface area contributed by atoms with E-state index in [1.54, 1.807) is 0 Å². The molecular weight excluding hydrogens is 276 g/mol. The van der Waals surface area contributed by atoms with Crippen molar-refractivity contribution in [3.05, 3.63) is 0 Å². The van der Waals surface area contributed by atoms with Crippen molar-refractivity contribution in [2.24, 2.45) is 0 Å². The molecule has 0 heterocycles. The van der Waals surface area contributed by atoms with Crippen molar-refractivity contribution in [2.45, 2.75) is 50.6 Å². The first kappa shape index (κ1) is 17.4. The lowest BCUT2D eigenvalue weighted by atomic mass is 10.1. The van der Waals surface area contributed by atoms with Crippen LogP contribution in [-0.2, 0) is 4.74 Å². The maximum absolute atomic E-state index is 12.8. The Kier molecular flexibility index (Phi) is 5.01. The molecule has 0 N–H and O–H groups in total. The van der Waals surface area contributed by atoms with Gasteiger partial charge in [0.2, 0.25) is 0 Å². The Balaban J connectivity index is 5.11. The van der Waals surface area contributed by atoms with E-state index >= 15 is 0 Å². The third kappa shape index (κ3) is 3.04. The Morgan fingerprint density at radius 3 is 1.61 bits per heavy atom. The highest BCUT2D eigenvalue weighted by Gasteiger charge is 2.80. The van der Waals surface area contributed by atoms with E-state index in [2.05, 4.69) is 4.74 Å². The first-order chi connectivity index (χ1) is 7.81. The van der Waals surface area contributed by atoms with Crippen LogP contribution < -0.4 is 0 Å². The topological polar surface area (TPSA) is 9.23 Å². The van der Waals surface area contributed by atoms with Crippen LogP contribution in [0.5, 0.6) is 0 Å². The molecule has 18 heavy (non-hydrogen) atoms. The average Bonchev–Trinajstić information content (AvgIpc) is 2.15. The van der Waals surface area contributed by atoms with Crippen molar-refractivity contribution in [2.75, 3.05) is 6.61 Å². The summed E-state index contributed by atoms with van der Waals surface area (Å²) in [6, 6.07) is 0. The van der Waals surface area contributed by atoms with E-state index < -0.39 is 37.4 Å². The van der Waals surface area contributed by atoms with Crippen LogP contribution in [0.3, 0.4) is 0 Å². The van der Waals surface area contributed by atoms with Crippen molar-refractivity contribution >= 4 is 0 Å². The molecule has 0 spiro atoms. The van der Waals surface area contributed by atoms with E-state index in [9.17, 15) is 35.1 Å². The van der Waals surface area contributed by atoms with Crippen molar-refractivity contribution in [3.63, 3.8) is 0 Å². The molecule has 0 fully saturated rings. The highest BCUT2D eigenvalue weighted by Crippen LogP contribution is 2.52.